The van der Waals surface area contributed by atoms with Crippen molar-refractivity contribution in [3.8, 4) is 0 Å². The fourth-order valence-electron chi connectivity index (χ4n) is 1.34. The molecule has 1 unspecified atom stereocenters. The topological polar surface area (TPSA) is 47.3 Å². The minimum atomic E-state index is 0.260. The Hall–Kier alpha value is -0.930. The first-order valence-corrected chi connectivity index (χ1v) is 5.35. The van der Waals surface area contributed by atoms with Crippen LogP contribution in [0, 0.1) is 0 Å². The highest BCUT2D eigenvalue weighted by atomic mass is 35.5. The van der Waals surface area contributed by atoms with Crippen molar-refractivity contribution in [3.05, 3.63) is 23.2 Å². The van der Waals surface area contributed by atoms with Gasteiger partial charge in [0, 0.05) is 18.2 Å². The minimum Gasteiger partial charge on any atom is -0.397 e. The monoisotopic (exact) mass is 228 g/mol. The Balaban J connectivity index is 2.73. The lowest BCUT2D eigenvalue weighted by Crippen LogP contribution is -2.24. The molecule has 0 bridgehead atoms. The summed E-state index contributed by atoms with van der Waals surface area (Å²) in [7, 11) is 1.69. The molecule has 1 aromatic rings. The summed E-state index contributed by atoms with van der Waals surface area (Å²) in [6.07, 6.45) is 0.972. The molecule has 1 aromatic carbocycles. The zero-order valence-electron chi connectivity index (χ0n) is 9.09. The number of nitrogens with one attached hydrogen (secondary N) is 1. The minimum absolute atomic E-state index is 0.260. The average Bonchev–Trinajstić information content (AvgIpc) is 2.22. The summed E-state index contributed by atoms with van der Waals surface area (Å²) in [5.74, 6) is 0. The summed E-state index contributed by atoms with van der Waals surface area (Å²) < 4.78 is 5.10. The van der Waals surface area contributed by atoms with Gasteiger partial charge in [-0.3, -0.25) is 0 Å². The van der Waals surface area contributed by atoms with Gasteiger partial charge in [0.15, 0.2) is 0 Å². The van der Waals surface area contributed by atoms with Crippen molar-refractivity contribution in [1.82, 2.24) is 0 Å². The van der Waals surface area contributed by atoms with Crippen LogP contribution >= 0.6 is 11.6 Å². The smallest absolute Gasteiger partial charge is 0.0663 e. The van der Waals surface area contributed by atoms with Gasteiger partial charge in [-0.05, 0) is 24.6 Å². The molecule has 0 saturated heterocycles. The Morgan fingerprint density at radius 3 is 2.87 bits per heavy atom. The highest BCUT2D eigenvalue weighted by Gasteiger charge is 2.07. The second-order valence-electron chi connectivity index (χ2n) is 3.44. The van der Waals surface area contributed by atoms with Gasteiger partial charge < -0.3 is 15.8 Å². The van der Waals surface area contributed by atoms with Gasteiger partial charge in [-0.15, -0.1) is 0 Å². The molecule has 0 heterocycles. The van der Waals surface area contributed by atoms with Crippen molar-refractivity contribution in [2.75, 3.05) is 24.8 Å². The maximum Gasteiger partial charge on any atom is 0.0663 e. The Morgan fingerprint density at radius 1 is 1.53 bits per heavy atom. The van der Waals surface area contributed by atoms with Crippen molar-refractivity contribution in [1.29, 1.82) is 0 Å². The number of halogens is 1. The number of hydrogen-bond acceptors (Lipinski definition) is 3. The first-order valence-electron chi connectivity index (χ1n) is 4.97. The van der Waals surface area contributed by atoms with Gasteiger partial charge >= 0.3 is 0 Å². The summed E-state index contributed by atoms with van der Waals surface area (Å²) in [6.45, 7) is 2.75. The van der Waals surface area contributed by atoms with Gasteiger partial charge in [0.25, 0.3) is 0 Å². The molecule has 0 amide bonds. The number of nitrogens with two attached hydrogens (primary N) is 1. The number of ether oxygens (including phenoxy) is 1. The zero-order valence-corrected chi connectivity index (χ0v) is 9.84. The van der Waals surface area contributed by atoms with E-state index in [0.29, 0.717) is 17.3 Å². The number of anilines is 2. The molecule has 3 N–H and O–H groups in total. The average molecular weight is 229 g/mol. The molecule has 0 spiro atoms. The molecule has 4 heteroatoms. The van der Waals surface area contributed by atoms with Gasteiger partial charge in [0.2, 0.25) is 0 Å². The molecule has 0 saturated carbocycles. The molecular weight excluding hydrogens is 212 g/mol. The fraction of sp³-hybridized carbons (Fsp3) is 0.455. The van der Waals surface area contributed by atoms with E-state index in [4.69, 9.17) is 22.1 Å². The predicted molar refractivity (Wildman–Crippen MR) is 65.4 cm³/mol. The Bertz CT molecular complexity index is 317. The molecule has 0 aliphatic heterocycles. The van der Waals surface area contributed by atoms with Crippen LogP contribution in [-0.2, 0) is 4.74 Å². The van der Waals surface area contributed by atoms with E-state index in [1.165, 1.54) is 0 Å². The van der Waals surface area contributed by atoms with Gasteiger partial charge in [-0.25, -0.2) is 0 Å². The van der Waals surface area contributed by atoms with Crippen molar-refractivity contribution in [3.63, 3.8) is 0 Å². The molecule has 0 radical (unpaired) electrons. The molecule has 1 atom stereocenters. The van der Waals surface area contributed by atoms with E-state index in [-0.39, 0.29) is 6.04 Å². The summed E-state index contributed by atoms with van der Waals surface area (Å²) in [5, 5.41) is 3.98. The third-order valence-electron chi connectivity index (χ3n) is 2.24. The first-order chi connectivity index (χ1) is 7.17. The van der Waals surface area contributed by atoms with Crippen LogP contribution in [0.3, 0.4) is 0 Å². The van der Waals surface area contributed by atoms with E-state index in [1.807, 2.05) is 6.07 Å². The number of nitrogen functional groups attached to an aromatic ring is 1. The maximum absolute atomic E-state index is 5.89. The fourth-order valence-corrected chi connectivity index (χ4v) is 1.51. The molecular formula is C11H17ClN2O. The molecule has 1 rings (SSSR count). The lowest BCUT2D eigenvalue weighted by molar-refractivity contribution is 0.184. The number of methoxy groups -OCH3 is 1. The molecule has 0 aromatic heterocycles. The lowest BCUT2D eigenvalue weighted by Gasteiger charge is -2.18. The standard InChI is InChI=1S/C11H17ClN2O/c1-3-9(7-15-2)14-11-6-8(12)4-5-10(11)13/h4-6,9,14H,3,7,13H2,1-2H3. The highest BCUT2D eigenvalue weighted by Crippen LogP contribution is 2.23. The van der Waals surface area contributed by atoms with E-state index < -0.39 is 0 Å². The molecule has 0 aliphatic carbocycles. The van der Waals surface area contributed by atoms with Crippen molar-refractivity contribution in [2.45, 2.75) is 19.4 Å². The zero-order chi connectivity index (χ0) is 11.3. The predicted octanol–water partition coefficient (Wildman–Crippen LogP) is 2.76. The third-order valence-corrected chi connectivity index (χ3v) is 2.47. The molecule has 0 aliphatic rings. The van der Waals surface area contributed by atoms with E-state index in [1.54, 1.807) is 19.2 Å². The van der Waals surface area contributed by atoms with Crippen LogP contribution in [0.25, 0.3) is 0 Å². The van der Waals surface area contributed by atoms with Gasteiger partial charge in [-0.1, -0.05) is 18.5 Å². The Labute approximate surface area is 95.6 Å². The van der Waals surface area contributed by atoms with Crippen LogP contribution in [0.15, 0.2) is 18.2 Å². The third kappa shape index (κ3) is 3.61. The van der Waals surface area contributed by atoms with Gasteiger partial charge in [-0.2, -0.15) is 0 Å². The lowest BCUT2D eigenvalue weighted by atomic mass is 10.2. The second-order valence-corrected chi connectivity index (χ2v) is 3.87. The summed E-state index contributed by atoms with van der Waals surface area (Å²) in [4.78, 5) is 0. The van der Waals surface area contributed by atoms with Crippen molar-refractivity contribution < 1.29 is 4.74 Å². The maximum atomic E-state index is 5.89. The van der Waals surface area contributed by atoms with Crippen molar-refractivity contribution in [2.24, 2.45) is 0 Å². The quantitative estimate of drug-likeness (QED) is 0.762. The highest BCUT2D eigenvalue weighted by molar-refractivity contribution is 6.31. The van der Waals surface area contributed by atoms with E-state index >= 15 is 0 Å². The first kappa shape index (κ1) is 12.1. The van der Waals surface area contributed by atoms with Crippen LogP contribution in [-0.4, -0.2) is 19.8 Å². The molecule has 84 valence electrons. The molecule has 3 nitrogen and oxygen atoms in total. The molecule has 0 fully saturated rings. The van der Waals surface area contributed by atoms with Crippen LogP contribution in [0.4, 0.5) is 11.4 Å². The Kier molecular flexibility index (Phi) is 4.72. The van der Waals surface area contributed by atoms with Crippen LogP contribution in [0.2, 0.25) is 5.02 Å². The summed E-state index contributed by atoms with van der Waals surface area (Å²) >= 11 is 5.89. The number of rotatable bonds is 5. The number of benzene rings is 1. The van der Waals surface area contributed by atoms with E-state index in [0.717, 1.165) is 12.1 Å². The number of hydrogen-bond donors (Lipinski definition) is 2. The van der Waals surface area contributed by atoms with Crippen molar-refractivity contribution >= 4 is 23.0 Å². The summed E-state index contributed by atoms with van der Waals surface area (Å²) in [5.41, 5.74) is 7.40. The van der Waals surface area contributed by atoms with Crippen LogP contribution in [0.1, 0.15) is 13.3 Å². The van der Waals surface area contributed by atoms with Gasteiger partial charge in [0.05, 0.1) is 18.0 Å². The van der Waals surface area contributed by atoms with Gasteiger partial charge in [0.1, 0.15) is 0 Å². The largest absolute Gasteiger partial charge is 0.397 e. The SMILES string of the molecule is CCC(COC)Nc1cc(Cl)ccc1N. The second kappa shape index (κ2) is 5.83. The summed E-state index contributed by atoms with van der Waals surface area (Å²) in [6, 6.07) is 5.66. The Morgan fingerprint density at radius 2 is 2.27 bits per heavy atom. The molecule has 15 heavy (non-hydrogen) atoms. The van der Waals surface area contributed by atoms with E-state index in [9.17, 15) is 0 Å². The van der Waals surface area contributed by atoms with E-state index in [2.05, 4.69) is 12.2 Å². The normalized spacial score (nSPS) is 12.5. The van der Waals surface area contributed by atoms with Crippen LogP contribution in [0.5, 0.6) is 0 Å². The van der Waals surface area contributed by atoms with Crippen LogP contribution < -0.4 is 11.1 Å².